The van der Waals surface area contributed by atoms with Crippen molar-refractivity contribution in [2.24, 2.45) is 5.73 Å². The molecule has 78 valence electrons. The van der Waals surface area contributed by atoms with Gasteiger partial charge in [0, 0.05) is 7.05 Å². The van der Waals surface area contributed by atoms with Crippen molar-refractivity contribution in [1.29, 1.82) is 0 Å². The van der Waals surface area contributed by atoms with Crippen molar-refractivity contribution < 1.29 is 4.79 Å². The molecule has 0 unspecified atom stereocenters. The molecule has 0 aliphatic rings. The van der Waals surface area contributed by atoms with Crippen molar-refractivity contribution in [3.8, 4) is 0 Å². The molecular weight excluding hydrogens is 182 g/mol. The third-order valence-electron chi connectivity index (χ3n) is 1.99. The highest BCUT2D eigenvalue weighted by atomic mass is 16.2. The number of amides is 1. The Morgan fingerprint density at radius 3 is 3.00 bits per heavy atom. The van der Waals surface area contributed by atoms with E-state index in [1.165, 1.54) is 11.2 Å². The monoisotopic (exact) mass is 197 g/mol. The number of nitrogens with zero attached hydrogens (tertiary/aromatic N) is 3. The number of aromatic nitrogens is 3. The van der Waals surface area contributed by atoms with Crippen molar-refractivity contribution in [2.45, 2.75) is 25.9 Å². The summed E-state index contributed by atoms with van der Waals surface area (Å²) in [6.07, 6.45) is 2.05. The number of rotatable bonds is 4. The minimum Gasteiger partial charge on any atom is -0.337 e. The maximum absolute atomic E-state index is 11.5. The van der Waals surface area contributed by atoms with Crippen LogP contribution in [0.3, 0.4) is 0 Å². The minimum absolute atomic E-state index is 0.0797. The summed E-state index contributed by atoms with van der Waals surface area (Å²) in [7, 11) is 1.69. The summed E-state index contributed by atoms with van der Waals surface area (Å²) in [6.45, 7) is 2.29. The second kappa shape index (κ2) is 4.71. The first-order valence-corrected chi connectivity index (χ1v) is 4.50. The van der Waals surface area contributed by atoms with E-state index in [0.717, 1.165) is 0 Å². The Balaban J connectivity index is 2.50. The molecule has 0 bridgehead atoms. The summed E-state index contributed by atoms with van der Waals surface area (Å²) in [4.78, 5) is 17.0. The summed E-state index contributed by atoms with van der Waals surface area (Å²) in [5.74, 6) is 0.577. The van der Waals surface area contributed by atoms with Crippen molar-refractivity contribution in [1.82, 2.24) is 20.1 Å². The third kappa shape index (κ3) is 2.53. The van der Waals surface area contributed by atoms with Crippen molar-refractivity contribution in [3.05, 3.63) is 12.2 Å². The molecule has 0 fully saturated rings. The molecule has 0 aromatic carbocycles. The van der Waals surface area contributed by atoms with Crippen LogP contribution >= 0.6 is 0 Å². The Labute approximate surface area is 82.5 Å². The molecule has 14 heavy (non-hydrogen) atoms. The molecule has 0 saturated carbocycles. The highest BCUT2D eigenvalue weighted by Crippen LogP contribution is 1.98. The first kappa shape index (κ1) is 10.6. The van der Waals surface area contributed by atoms with Crippen molar-refractivity contribution >= 4 is 5.91 Å². The maximum atomic E-state index is 11.5. The van der Waals surface area contributed by atoms with Gasteiger partial charge < -0.3 is 10.6 Å². The maximum Gasteiger partial charge on any atom is 0.239 e. The van der Waals surface area contributed by atoms with Gasteiger partial charge in [0.2, 0.25) is 5.91 Å². The molecule has 0 saturated heterocycles. The van der Waals surface area contributed by atoms with E-state index in [1.54, 1.807) is 7.05 Å². The van der Waals surface area contributed by atoms with E-state index in [4.69, 9.17) is 5.73 Å². The summed E-state index contributed by atoms with van der Waals surface area (Å²) in [5.41, 5.74) is 5.61. The molecule has 0 aliphatic heterocycles. The topological polar surface area (TPSA) is 87.9 Å². The number of aromatic amines is 1. The quantitative estimate of drug-likeness (QED) is 0.681. The zero-order chi connectivity index (χ0) is 10.6. The van der Waals surface area contributed by atoms with Crippen LogP contribution in [0.15, 0.2) is 6.33 Å². The van der Waals surface area contributed by atoms with E-state index in [9.17, 15) is 4.79 Å². The van der Waals surface area contributed by atoms with Crippen LogP contribution in [0, 0.1) is 0 Å². The van der Waals surface area contributed by atoms with Gasteiger partial charge in [0.25, 0.3) is 0 Å². The summed E-state index contributed by atoms with van der Waals surface area (Å²) in [6, 6.07) is -0.428. The smallest absolute Gasteiger partial charge is 0.239 e. The lowest BCUT2D eigenvalue weighted by Crippen LogP contribution is -2.41. The molecule has 3 N–H and O–H groups in total. The predicted octanol–water partition coefficient (Wildman–Crippen LogP) is -0.500. The SMILES string of the molecule is CC[C@H](N)C(=O)N(C)Cc1ncn[nH]1. The summed E-state index contributed by atoms with van der Waals surface area (Å²) < 4.78 is 0. The molecule has 1 rings (SSSR count). The Kier molecular flexibility index (Phi) is 3.58. The first-order valence-electron chi connectivity index (χ1n) is 4.50. The number of hydrogen-bond acceptors (Lipinski definition) is 4. The van der Waals surface area contributed by atoms with Crippen LogP contribution in [0.4, 0.5) is 0 Å². The molecule has 0 spiro atoms. The minimum atomic E-state index is -0.428. The normalized spacial score (nSPS) is 12.5. The largest absolute Gasteiger partial charge is 0.337 e. The average Bonchev–Trinajstić information content (AvgIpc) is 2.68. The van der Waals surface area contributed by atoms with Gasteiger partial charge in [0.1, 0.15) is 12.2 Å². The van der Waals surface area contributed by atoms with Crippen LogP contribution in [0.5, 0.6) is 0 Å². The number of carbonyl (C=O) groups excluding carboxylic acids is 1. The molecule has 1 aromatic rings. The Hall–Kier alpha value is -1.43. The summed E-state index contributed by atoms with van der Waals surface area (Å²) in [5, 5.41) is 6.38. The molecule has 6 nitrogen and oxygen atoms in total. The van der Waals surface area contributed by atoms with Crippen molar-refractivity contribution in [3.63, 3.8) is 0 Å². The second-order valence-electron chi connectivity index (χ2n) is 3.14. The van der Waals surface area contributed by atoms with Crippen molar-refractivity contribution in [2.75, 3.05) is 7.05 Å². The number of nitrogens with two attached hydrogens (primary N) is 1. The standard InChI is InChI=1S/C8H15N5O/c1-3-6(9)8(14)13(2)4-7-10-5-11-12-7/h5-6H,3-4,9H2,1-2H3,(H,10,11,12)/t6-/m0/s1. The molecule has 1 heterocycles. The highest BCUT2D eigenvalue weighted by Gasteiger charge is 2.16. The van der Waals surface area contributed by atoms with E-state index < -0.39 is 6.04 Å². The van der Waals surface area contributed by atoms with Gasteiger partial charge in [0.05, 0.1) is 12.6 Å². The van der Waals surface area contributed by atoms with Gasteiger partial charge in [-0.15, -0.1) is 0 Å². The zero-order valence-electron chi connectivity index (χ0n) is 8.40. The number of nitrogens with one attached hydrogen (secondary N) is 1. The molecule has 6 heteroatoms. The lowest BCUT2D eigenvalue weighted by atomic mass is 10.2. The fourth-order valence-corrected chi connectivity index (χ4v) is 1.07. The molecular formula is C8H15N5O. The lowest BCUT2D eigenvalue weighted by molar-refractivity contribution is -0.131. The van der Waals surface area contributed by atoms with Gasteiger partial charge >= 0.3 is 0 Å². The van der Waals surface area contributed by atoms with Crippen LogP contribution < -0.4 is 5.73 Å². The van der Waals surface area contributed by atoms with E-state index in [2.05, 4.69) is 15.2 Å². The van der Waals surface area contributed by atoms with Crippen LogP contribution in [0.2, 0.25) is 0 Å². The highest BCUT2D eigenvalue weighted by molar-refractivity contribution is 5.81. The van der Waals surface area contributed by atoms with Crippen LogP contribution in [0.1, 0.15) is 19.2 Å². The van der Waals surface area contributed by atoms with Gasteiger partial charge in [-0.1, -0.05) is 6.92 Å². The average molecular weight is 197 g/mol. The predicted molar refractivity (Wildman–Crippen MR) is 51.1 cm³/mol. The second-order valence-corrected chi connectivity index (χ2v) is 3.14. The van der Waals surface area contributed by atoms with E-state index in [1.807, 2.05) is 6.92 Å². The molecule has 1 aromatic heterocycles. The van der Waals surface area contributed by atoms with Gasteiger partial charge in [-0.25, -0.2) is 4.98 Å². The number of H-pyrrole nitrogens is 1. The first-order chi connectivity index (χ1) is 6.65. The van der Waals surface area contributed by atoms with E-state index >= 15 is 0 Å². The fourth-order valence-electron chi connectivity index (χ4n) is 1.07. The van der Waals surface area contributed by atoms with Crippen LogP contribution in [-0.2, 0) is 11.3 Å². The fraction of sp³-hybridized carbons (Fsp3) is 0.625. The lowest BCUT2D eigenvalue weighted by Gasteiger charge is -2.18. The van der Waals surface area contributed by atoms with Gasteiger partial charge in [-0.05, 0) is 6.42 Å². The summed E-state index contributed by atoms with van der Waals surface area (Å²) >= 11 is 0. The van der Waals surface area contributed by atoms with Gasteiger partial charge in [-0.2, -0.15) is 5.10 Å². The molecule has 0 radical (unpaired) electrons. The third-order valence-corrected chi connectivity index (χ3v) is 1.99. The number of hydrogen-bond donors (Lipinski definition) is 2. The molecule has 1 atom stereocenters. The Morgan fingerprint density at radius 2 is 2.50 bits per heavy atom. The molecule has 1 amide bonds. The van der Waals surface area contributed by atoms with E-state index in [0.29, 0.717) is 18.8 Å². The van der Waals surface area contributed by atoms with Crippen LogP contribution in [-0.4, -0.2) is 39.1 Å². The van der Waals surface area contributed by atoms with Gasteiger partial charge in [-0.3, -0.25) is 9.89 Å². The number of likely N-dealkylation sites (N-methyl/N-ethyl adjacent to an activating group) is 1. The Morgan fingerprint density at radius 1 is 1.79 bits per heavy atom. The van der Waals surface area contributed by atoms with Crippen LogP contribution in [0.25, 0.3) is 0 Å². The number of carbonyl (C=O) groups is 1. The Bertz CT molecular complexity index is 284. The van der Waals surface area contributed by atoms with E-state index in [-0.39, 0.29) is 5.91 Å². The zero-order valence-corrected chi connectivity index (χ0v) is 8.40. The van der Waals surface area contributed by atoms with Gasteiger partial charge in [0.15, 0.2) is 0 Å². The molecule has 0 aliphatic carbocycles.